The van der Waals surface area contributed by atoms with E-state index in [1.54, 1.807) is 19.4 Å². The molecule has 0 fully saturated rings. The van der Waals surface area contributed by atoms with Gasteiger partial charge in [0.1, 0.15) is 5.75 Å². The Morgan fingerprint density at radius 2 is 2.00 bits per heavy atom. The zero-order valence-electron chi connectivity index (χ0n) is 11.7. The Balaban J connectivity index is 2.08. The lowest BCUT2D eigenvalue weighted by atomic mass is 10.0. The molecule has 0 aliphatic rings. The minimum Gasteiger partial charge on any atom is -0.496 e. The topological polar surface area (TPSA) is 42.1 Å². The van der Waals surface area contributed by atoms with Crippen molar-refractivity contribution in [1.82, 2.24) is 4.98 Å². The molecule has 1 heterocycles. The summed E-state index contributed by atoms with van der Waals surface area (Å²) in [6, 6.07) is 11.4. The zero-order chi connectivity index (χ0) is 15.0. The number of aromatic nitrogens is 1. The predicted molar refractivity (Wildman–Crippen MR) is 87.2 cm³/mol. The fraction of sp³-hybridized carbons (Fsp3) is 0.118. The molecule has 3 aromatic rings. The van der Waals surface area contributed by atoms with E-state index >= 15 is 0 Å². The van der Waals surface area contributed by atoms with Crippen molar-refractivity contribution in [1.29, 1.82) is 0 Å². The number of rotatable bonds is 3. The van der Waals surface area contributed by atoms with Gasteiger partial charge in [-0.2, -0.15) is 0 Å². The van der Waals surface area contributed by atoms with Gasteiger partial charge in [0.15, 0.2) is 5.78 Å². The van der Waals surface area contributed by atoms with Crippen molar-refractivity contribution in [2.24, 2.45) is 0 Å². The minimum absolute atomic E-state index is 0.0122. The van der Waals surface area contributed by atoms with Crippen LogP contribution in [0.5, 0.6) is 5.75 Å². The summed E-state index contributed by atoms with van der Waals surface area (Å²) in [5.74, 6) is 0.713. The molecule has 0 spiro atoms. The number of carbonyl (C=O) groups is 1. The molecule has 2 aromatic carbocycles. The Kier molecular flexibility index (Phi) is 3.55. The van der Waals surface area contributed by atoms with Gasteiger partial charge in [-0.1, -0.05) is 34.1 Å². The largest absolute Gasteiger partial charge is 0.496 e. The molecule has 0 unspecified atom stereocenters. The fourth-order valence-electron chi connectivity index (χ4n) is 2.40. The summed E-state index contributed by atoms with van der Waals surface area (Å²) in [5.41, 5.74) is 3.24. The molecule has 0 aliphatic carbocycles. The van der Waals surface area contributed by atoms with Crippen LogP contribution in [-0.4, -0.2) is 17.9 Å². The number of ketones is 1. The Bertz CT molecular complexity index is 836. The van der Waals surface area contributed by atoms with Crippen LogP contribution in [0.4, 0.5) is 0 Å². The molecule has 3 rings (SSSR count). The van der Waals surface area contributed by atoms with Crippen molar-refractivity contribution in [2.75, 3.05) is 7.11 Å². The van der Waals surface area contributed by atoms with Crippen LogP contribution in [0.15, 0.2) is 47.1 Å². The van der Waals surface area contributed by atoms with Crippen molar-refractivity contribution in [3.63, 3.8) is 0 Å². The van der Waals surface area contributed by atoms with Crippen molar-refractivity contribution in [3.05, 3.63) is 63.8 Å². The van der Waals surface area contributed by atoms with Crippen LogP contribution in [0.25, 0.3) is 10.9 Å². The minimum atomic E-state index is -0.0122. The first-order valence-corrected chi connectivity index (χ1v) is 7.35. The van der Waals surface area contributed by atoms with Gasteiger partial charge in [-0.25, -0.2) is 0 Å². The van der Waals surface area contributed by atoms with E-state index in [0.717, 1.165) is 26.7 Å². The van der Waals surface area contributed by atoms with E-state index in [1.165, 1.54) is 0 Å². The number of aromatic amines is 1. The maximum Gasteiger partial charge on any atom is 0.195 e. The SMILES string of the molecule is COc1cc(C(=O)c2c[nH]c3cc(Br)ccc23)ccc1C. The van der Waals surface area contributed by atoms with E-state index < -0.39 is 0 Å². The lowest BCUT2D eigenvalue weighted by molar-refractivity contribution is 0.104. The van der Waals surface area contributed by atoms with Gasteiger partial charge in [-0.3, -0.25) is 4.79 Å². The number of benzene rings is 2. The van der Waals surface area contributed by atoms with Crippen LogP contribution in [0.2, 0.25) is 0 Å². The van der Waals surface area contributed by atoms with Crippen molar-refractivity contribution in [3.8, 4) is 5.75 Å². The lowest BCUT2D eigenvalue weighted by Crippen LogP contribution is -2.01. The number of H-pyrrole nitrogens is 1. The summed E-state index contributed by atoms with van der Waals surface area (Å²) in [6.07, 6.45) is 1.76. The normalized spacial score (nSPS) is 10.8. The third-order valence-corrected chi connectivity index (χ3v) is 4.05. The highest BCUT2D eigenvalue weighted by molar-refractivity contribution is 9.10. The maximum absolute atomic E-state index is 12.7. The average Bonchev–Trinajstić information content (AvgIpc) is 2.89. The molecule has 1 N–H and O–H groups in total. The second-order valence-corrected chi connectivity index (χ2v) is 5.82. The Morgan fingerprint density at radius 1 is 1.19 bits per heavy atom. The summed E-state index contributed by atoms with van der Waals surface area (Å²) in [5, 5.41) is 0.919. The van der Waals surface area contributed by atoms with Gasteiger partial charge < -0.3 is 9.72 Å². The predicted octanol–water partition coefficient (Wildman–Crippen LogP) is 4.48. The molecule has 0 atom stereocenters. The van der Waals surface area contributed by atoms with Crippen LogP contribution in [0.1, 0.15) is 21.5 Å². The number of hydrogen-bond donors (Lipinski definition) is 1. The first-order chi connectivity index (χ1) is 10.1. The summed E-state index contributed by atoms with van der Waals surface area (Å²) in [4.78, 5) is 15.8. The molecule has 106 valence electrons. The second-order valence-electron chi connectivity index (χ2n) is 4.91. The van der Waals surface area contributed by atoms with Crippen LogP contribution >= 0.6 is 15.9 Å². The first-order valence-electron chi connectivity index (χ1n) is 6.56. The van der Waals surface area contributed by atoms with Gasteiger partial charge in [0, 0.05) is 32.7 Å². The second kappa shape index (κ2) is 5.37. The van der Waals surface area contributed by atoms with Crippen LogP contribution < -0.4 is 4.74 Å². The summed E-state index contributed by atoms with van der Waals surface area (Å²) < 4.78 is 6.27. The molecule has 3 nitrogen and oxygen atoms in total. The lowest BCUT2D eigenvalue weighted by Gasteiger charge is -2.06. The molecule has 0 bridgehead atoms. The summed E-state index contributed by atoms with van der Waals surface area (Å²) >= 11 is 3.43. The van der Waals surface area contributed by atoms with Crippen LogP contribution in [0.3, 0.4) is 0 Å². The first kappa shape index (κ1) is 13.9. The number of fused-ring (bicyclic) bond motifs is 1. The Hall–Kier alpha value is -2.07. The quantitative estimate of drug-likeness (QED) is 0.712. The highest BCUT2D eigenvalue weighted by atomic mass is 79.9. The van der Waals surface area contributed by atoms with Gasteiger partial charge in [-0.15, -0.1) is 0 Å². The zero-order valence-corrected chi connectivity index (χ0v) is 13.3. The average molecular weight is 344 g/mol. The van der Waals surface area contributed by atoms with Crippen molar-refractivity contribution < 1.29 is 9.53 Å². The van der Waals surface area contributed by atoms with E-state index in [-0.39, 0.29) is 5.78 Å². The number of halogens is 1. The van der Waals surface area contributed by atoms with Gasteiger partial charge in [0.2, 0.25) is 0 Å². The standard InChI is InChI=1S/C17H14BrNO2/c1-10-3-4-11(7-16(10)21-2)17(20)14-9-19-15-8-12(18)5-6-13(14)15/h3-9,19H,1-2H3. The summed E-state index contributed by atoms with van der Waals surface area (Å²) in [7, 11) is 1.61. The van der Waals surface area contributed by atoms with Crippen LogP contribution in [-0.2, 0) is 0 Å². The fourth-order valence-corrected chi connectivity index (χ4v) is 2.76. The van der Waals surface area contributed by atoms with Gasteiger partial charge in [0.25, 0.3) is 0 Å². The van der Waals surface area contributed by atoms with Gasteiger partial charge in [-0.05, 0) is 30.7 Å². The number of methoxy groups -OCH3 is 1. The van der Waals surface area contributed by atoms with Crippen molar-refractivity contribution in [2.45, 2.75) is 6.92 Å². The Morgan fingerprint density at radius 3 is 2.76 bits per heavy atom. The Labute approximate surface area is 131 Å². The number of carbonyl (C=O) groups excluding carboxylic acids is 1. The maximum atomic E-state index is 12.7. The van der Waals surface area contributed by atoms with Crippen LogP contribution in [0, 0.1) is 6.92 Å². The highest BCUT2D eigenvalue weighted by Crippen LogP contribution is 2.26. The monoisotopic (exact) mass is 343 g/mol. The van der Waals surface area contributed by atoms with E-state index in [9.17, 15) is 4.79 Å². The number of ether oxygens (including phenoxy) is 1. The van der Waals surface area contributed by atoms with Gasteiger partial charge >= 0.3 is 0 Å². The molecular formula is C17H14BrNO2. The van der Waals surface area contributed by atoms with E-state index in [2.05, 4.69) is 20.9 Å². The third-order valence-electron chi connectivity index (χ3n) is 3.56. The molecule has 0 aliphatic heterocycles. The molecule has 21 heavy (non-hydrogen) atoms. The highest BCUT2D eigenvalue weighted by Gasteiger charge is 2.15. The van der Waals surface area contributed by atoms with Crippen molar-refractivity contribution >= 4 is 32.6 Å². The molecule has 0 saturated heterocycles. The van der Waals surface area contributed by atoms with Gasteiger partial charge in [0.05, 0.1) is 7.11 Å². The van der Waals surface area contributed by atoms with E-state index in [0.29, 0.717) is 11.1 Å². The smallest absolute Gasteiger partial charge is 0.195 e. The number of aryl methyl sites for hydroxylation is 1. The van der Waals surface area contributed by atoms with E-state index in [4.69, 9.17) is 4.74 Å². The third kappa shape index (κ3) is 2.47. The molecule has 1 aromatic heterocycles. The molecule has 0 saturated carbocycles. The number of nitrogens with one attached hydrogen (secondary N) is 1. The van der Waals surface area contributed by atoms with E-state index in [1.807, 2.05) is 37.3 Å². The molecule has 0 amide bonds. The molecular weight excluding hydrogens is 330 g/mol. The molecule has 4 heteroatoms. The molecule has 0 radical (unpaired) electrons. The summed E-state index contributed by atoms with van der Waals surface area (Å²) in [6.45, 7) is 1.95. The number of hydrogen-bond acceptors (Lipinski definition) is 2.